The fourth-order valence-corrected chi connectivity index (χ4v) is 11.5. The average Bonchev–Trinajstić information content (AvgIpc) is 4.10. The Morgan fingerprint density at radius 2 is 0.754 bits per heavy atom. The third-order valence-corrected chi connectivity index (χ3v) is 14.4. The van der Waals surface area contributed by atoms with Crippen LogP contribution in [-0.2, 0) is 5.41 Å². The lowest BCUT2D eigenvalue weighted by Crippen LogP contribution is -2.28. The zero-order chi connectivity index (χ0) is 45.5. The van der Waals surface area contributed by atoms with Crippen LogP contribution in [0.5, 0.6) is 0 Å². The van der Waals surface area contributed by atoms with Crippen LogP contribution >= 0.6 is 0 Å². The molecule has 11 aromatic carbocycles. The molecule has 0 aliphatic heterocycles. The van der Waals surface area contributed by atoms with Gasteiger partial charge in [0.2, 0.25) is 0 Å². The number of hydrogen-bond acceptors (Lipinski definition) is 2. The number of benzene rings is 11. The van der Waals surface area contributed by atoms with Gasteiger partial charge in [-0.15, -0.1) is 0 Å². The molecule has 1 aliphatic rings. The molecular formula is C65H42N4. The second kappa shape index (κ2) is 15.5. The van der Waals surface area contributed by atoms with E-state index in [1.54, 1.807) is 0 Å². The van der Waals surface area contributed by atoms with Crippen molar-refractivity contribution in [2.75, 3.05) is 0 Å². The monoisotopic (exact) mass is 878 g/mol. The van der Waals surface area contributed by atoms with Crippen LogP contribution in [0.1, 0.15) is 22.3 Å². The van der Waals surface area contributed by atoms with Gasteiger partial charge in [0.1, 0.15) is 11.6 Å². The highest BCUT2D eigenvalue weighted by molar-refractivity contribution is 6.17. The van der Waals surface area contributed by atoms with Gasteiger partial charge in [0.05, 0.1) is 38.9 Å². The zero-order valence-electron chi connectivity index (χ0n) is 37.5. The third-order valence-electron chi connectivity index (χ3n) is 14.4. The summed E-state index contributed by atoms with van der Waals surface area (Å²) in [5.74, 6) is 1.80. The van der Waals surface area contributed by atoms with Crippen LogP contribution in [0.15, 0.2) is 255 Å². The normalized spacial score (nSPS) is 12.8. The molecule has 0 bridgehead atoms. The molecule has 2 aromatic heterocycles. The summed E-state index contributed by atoms with van der Waals surface area (Å²) in [7, 11) is 0. The van der Waals surface area contributed by atoms with Crippen molar-refractivity contribution >= 4 is 43.6 Å². The Bertz CT molecular complexity index is 3900. The molecule has 0 N–H and O–H groups in total. The van der Waals surface area contributed by atoms with E-state index in [1.165, 1.54) is 38.9 Å². The minimum absolute atomic E-state index is 0.554. The fraction of sp³-hybridized carbons (Fsp3) is 0.0154. The van der Waals surface area contributed by atoms with E-state index < -0.39 is 5.41 Å². The van der Waals surface area contributed by atoms with Crippen molar-refractivity contribution in [1.82, 2.24) is 19.1 Å². The molecule has 13 aromatic rings. The lowest BCUT2D eigenvalue weighted by molar-refractivity contribution is 0.769. The number of aromatic nitrogens is 4. The van der Waals surface area contributed by atoms with Crippen LogP contribution in [0.25, 0.3) is 100 Å². The van der Waals surface area contributed by atoms with Gasteiger partial charge < -0.3 is 0 Å². The van der Waals surface area contributed by atoms with Crippen molar-refractivity contribution < 1.29 is 0 Å². The van der Waals surface area contributed by atoms with Crippen molar-refractivity contribution in [3.63, 3.8) is 0 Å². The standard InChI is InChI=1S/C65H42N4/c1-5-21-43(22-6-1)63-66-56-33-15-17-35-60(56)68(63)58-37-19-30-50-52(58)42-53-51(31-20-38-59(53)69-61-36-18-16-34-57(61)67-64(69)44-23-7-2-8-24-44)62(50)45-39-40-49-48-29-13-14-32-54(48)65(55(49)41-45,46-25-9-3-10-26-46)47-27-11-4-12-28-47/h1-42H. The van der Waals surface area contributed by atoms with Gasteiger partial charge >= 0.3 is 0 Å². The van der Waals surface area contributed by atoms with Gasteiger partial charge in [-0.2, -0.15) is 0 Å². The van der Waals surface area contributed by atoms with Gasteiger partial charge in [0, 0.05) is 21.9 Å². The van der Waals surface area contributed by atoms with E-state index in [2.05, 4.69) is 264 Å². The molecule has 1 aliphatic carbocycles. The maximum absolute atomic E-state index is 5.33. The second-order valence-electron chi connectivity index (χ2n) is 18.0. The van der Waals surface area contributed by atoms with Gasteiger partial charge in [-0.25, -0.2) is 9.97 Å². The number of fused-ring (bicyclic) bond motifs is 7. The minimum atomic E-state index is -0.554. The second-order valence-corrected chi connectivity index (χ2v) is 18.0. The van der Waals surface area contributed by atoms with E-state index in [-0.39, 0.29) is 0 Å². The Morgan fingerprint density at radius 3 is 1.29 bits per heavy atom. The van der Waals surface area contributed by atoms with E-state index in [0.29, 0.717) is 0 Å². The van der Waals surface area contributed by atoms with Crippen molar-refractivity contribution in [1.29, 1.82) is 0 Å². The molecule has 0 spiro atoms. The maximum atomic E-state index is 5.33. The predicted octanol–water partition coefficient (Wildman–Crippen LogP) is 16.0. The number of rotatable bonds is 7. The van der Waals surface area contributed by atoms with Gasteiger partial charge in [-0.05, 0) is 104 Å². The molecule has 4 heteroatoms. The lowest BCUT2D eigenvalue weighted by Gasteiger charge is -2.34. The Hall–Kier alpha value is -9.12. The van der Waals surface area contributed by atoms with Gasteiger partial charge in [0.15, 0.2) is 0 Å². The Morgan fingerprint density at radius 1 is 0.304 bits per heavy atom. The molecular weight excluding hydrogens is 837 g/mol. The molecule has 0 amide bonds. The summed E-state index contributed by atoms with van der Waals surface area (Å²) in [6.07, 6.45) is 0. The summed E-state index contributed by atoms with van der Waals surface area (Å²) in [5, 5.41) is 4.57. The quantitative estimate of drug-likeness (QED) is 0.150. The lowest BCUT2D eigenvalue weighted by atomic mass is 9.67. The highest BCUT2D eigenvalue weighted by Gasteiger charge is 2.46. The summed E-state index contributed by atoms with van der Waals surface area (Å²) >= 11 is 0. The van der Waals surface area contributed by atoms with Crippen molar-refractivity contribution in [2.45, 2.75) is 5.41 Å². The van der Waals surface area contributed by atoms with Crippen molar-refractivity contribution in [3.05, 3.63) is 277 Å². The molecule has 0 fully saturated rings. The number of nitrogens with zero attached hydrogens (tertiary/aromatic N) is 4. The van der Waals surface area contributed by atoms with E-state index >= 15 is 0 Å². The Kier molecular flexibility index (Phi) is 8.77. The first-order valence-electron chi connectivity index (χ1n) is 23.7. The van der Waals surface area contributed by atoms with Crippen molar-refractivity contribution in [3.8, 4) is 56.4 Å². The fourth-order valence-electron chi connectivity index (χ4n) is 11.5. The highest BCUT2D eigenvalue weighted by Crippen LogP contribution is 2.57. The smallest absolute Gasteiger partial charge is 0.145 e. The summed E-state index contributed by atoms with van der Waals surface area (Å²) in [4.78, 5) is 10.7. The largest absolute Gasteiger partial charge is 0.292 e. The van der Waals surface area contributed by atoms with Crippen LogP contribution in [0.4, 0.5) is 0 Å². The summed E-state index contributed by atoms with van der Waals surface area (Å²) < 4.78 is 4.73. The summed E-state index contributed by atoms with van der Waals surface area (Å²) in [6, 6.07) is 92.6. The summed E-state index contributed by atoms with van der Waals surface area (Å²) in [5.41, 5.74) is 17.6. The predicted molar refractivity (Wildman–Crippen MR) is 284 cm³/mol. The highest BCUT2D eigenvalue weighted by atomic mass is 15.1. The van der Waals surface area contributed by atoms with Crippen LogP contribution in [0, 0.1) is 0 Å². The first kappa shape index (κ1) is 39.1. The SMILES string of the molecule is c1ccc(-c2nc3ccccc3n2-c2cccc3c(-c4ccc5c(c4)C(c4ccccc4)(c4ccccc4)c4ccccc4-5)c4cccc(-n5c(-c6ccccc6)nc6ccccc65)c4cc23)cc1. The first-order chi connectivity index (χ1) is 34.3. The number of imidazole rings is 2. The zero-order valence-corrected chi connectivity index (χ0v) is 37.5. The van der Waals surface area contributed by atoms with Crippen LogP contribution < -0.4 is 0 Å². The van der Waals surface area contributed by atoms with Gasteiger partial charge in [-0.3, -0.25) is 9.13 Å². The van der Waals surface area contributed by atoms with Crippen LogP contribution in [-0.4, -0.2) is 19.1 Å². The Labute approximate surface area is 399 Å². The van der Waals surface area contributed by atoms with Gasteiger partial charge in [0.25, 0.3) is 0 Å². The molecule has 14 rings (SSSR count). The molecule has 0 unspecified atom stereocenters. The van der Waals surface area contributed by atoms with Crippen molar-refractivity contribution in [2.24, 2.45) is 0 Å². The van der Waals surface area contributed by atoms with E-state index in [1.807, 2.05) is 0 Å². The third kappa shape index (κ3) is 5.82. The maximum Gasteiger partial charge on any atom is 0.145 e. The number of para-hydroxylation sites is 4. The van der Waals surface area contributed by atoms with E-state index in [9.17, 15) is 0 Å². The van der Waals surface area contributed by atoms with E-state index in [0.717, 1.165) is 83.3 Å². The molecule has 322 valence electrons. The minimum Gasteiger partial charge on any atom is -0.292 e. The van der Waals surface area contributed by atoms with Crippen LogP contribution in [0.3, 0.4) is 0 Å². The first-order valence-corrected chi connectivity index (χ1v) is 23.7. The molecule has 0 saturated carbocycles. The molecule has 0 saturated heterocycles. The average molecular weight is 879 g/mol. The topological polar surface area (TPSA) is 35.6 Å². The molecule has 0 radical (unpaired) electrons. The molecule has 0 atom stereocenters. The Balaban J connectivity index is 1.13. The van der Waals surface area contributed by atoms with Crippen LogP contribution in [0.2, 0.25) is 0 Å². The summed E-state index contributed by atoms with van der Waals surface area (Å²) in [6.45, 7) is 0. The molecule has 4 nitrogen and oxygen atoms in total. The molecule has 69 heavy (non-hydrogen) atoms. The number of hydrogen-bond donors (Lipinski definition) is 0. The molecule has 2 heterocycles. The van der Waals surface area contributed by atoms with Gasteiger partial charge in [-0.1, -0.05) is 206 Å². The van der Waals surface area contributed by atoms with E-state index in [4.69, 9.17) is 9.97 Å².